The molecule has 0 spiro atoms. The van der Waals surface area contributed by atoms with Crippen molar-refractivity contribution < 1.29 is 4.52 Å². The van der Waals surface area contributed by atoms with Crippen LogP contribution in [0.5, 0.6) is 0 Å². The van der Waals surface area contributed by atoms with Gasteiger partial charge in [0, 0.05) is 29.2 Å². The number of aryl methyl sites for hydroxylation is 1. The van der Waals surface area contributed by atoms with Crippen molar-refractivity contribution >= 4 is 23.3 Å². The van der Waals surface area contributed by atoms with Gasteiger partial charge < -0.3 is 14.4 Å². The van der Waals surface area contributed by atoms with Crippen molar-refractivity contribution in [2.24, 2.45) is 0 Å². The molecule has 4 rings (SSSR count). The first kappa shape index (κ1) is 21.8. The average molecular weight is 417 g/mol. The van der Waals surface area contributed by atoms with Crippen LogP contribution in [0.25, 0.3) is 22.3 Å². The molecule has 3 heterocycles. The van der Waals surface area contributed by atoms with E-state index in [0.29, 0.717) is 11.7 Å². The molecule has 1 fully saturated rings. The number of benzene rings is 1. The van der Waals surface area contributed by atoms with E-state index in [2.05, 4.69) is 57.4 Å². The Balaban J connectivity index is 0.00000240. The van der Waals surface area contributed by atoms with Crippen LogP contribution in [0.4, 0.5) is 0 Å². The zero-order valence-electron chi connectivity index (χ0n) is 17.4. The first-order valence-electron chi connectivity index (χ1n) is 11.0. The molecule has 0 aliphatic carbocycles. The summed E-state index contributed by atoms with van der Waals surface area (Å²) in [7, 11) is 0. The van der Waals surface area contributed by atoms with E-state index in [1.807, 2.05) is 0 Å². The van der Waals surface area contributed by atoms with Crippen molar-refractivity contribution in [3.05, 3.63) is 36.4 Å². The largest absolute Gasteiger partial charge is 0.347 e. The molecular weight excluding hydrogens is 384 g/mol. The molecule has 1 N–H and O–H groups in total. The lowest BCUT2D eigenvalue weighted by Crippen LogP contribution is -2.12. The maximum Gasteiger partial charge on any atom is 0.244 e. The van der Waals surface area contributed by atoms with E-state index in [-0.39, 0.29) is 18.4 Å². The number of nitrogens with one attached hydrogen (secondary N) is 1. The van der Waals surface area contributed by atoms with Gasteiger partial charge in [0.2, 0.25) is 11.7 Å². The zero-order chi connectivity index (χ0) is 19.2. The Morgan fingerprint density at radius 2 is 1.93 bits per heavy atom. The van der Waals surface area contributed by atoms with E-state index in [0.717, 1.165) is 25.1 Å². The molecule has 5 nitrogen and oxygen atoms in total. The molecule has 1 aliphatic heterocycles. The molecule has 3 aromatic rings. The summed E-state index contributed by atoms with van der Waals surface area (Å²) in [5.41, 5.74) is 2.32. The molecule has 0 bridgehead atoms. The van der Waals surface area contributed by atoms with Gasteiger partial charge in [-0.05, 0) is 37.9 Å². The SMILES string of the molecule is CCCCCCCCCn1ccc2c(-c3noc([C@@H]4CCCN4)n3)cccc21.Cl. The Kier molecular flexibility index (Phi) is 8.13. The minimum atomic E-state index is 0. The van der Waals surface area contributed by atoms with Gasteiger partial charge in [-0.3, -0.25) is 0 Å². The van der Waals surface area contributed by atoms with Crippen LogP contribution in [0.1, 0.15) is 76.6 Å². The minimum absolute atomic E-state index is 0. The maximum atomic E-state index is 5.55. The van der Waals surface area contributed by atoms with Crippen molar-refractivity contribution in [3.63, 3.8) is 0 Å². The Hall–Kier alpha value is -1.85. The van der Waals surface area contributed by atoms with Gasteiger partial charge in [0.25, 0.3) is 0 Å². The van der Waals surface area contributed by atoms with Crippen molar-refractivity contribution in [1.82, 2.24) is 20.0 Å². The fraction of sp³-hybridized carbons (Fsp3) is 0.565. The minimum Gasteiger partial charge on any atom is -0.347 e. The Bertz CT molecular complexity index is 882. The third-order valence-corrected chi connectivity index (χ3v) is 5.86. The highest BCUT2D eigenvalue weighted by atomic mass is 35.5. The molecule has 1 aromatic carbocycles. The highest BCUT2D eigenvalue weighted by molar-refractivity contribution is 5.93. The third kappa shape index (κ3) is 5.20. The summed E-state index contributed by atoms with van der Waals surface area (Å²) in [6, 6.07) is 8.79. The van der Waals surface area contributed by atoms with E-state index in [4.69, 9.17) is 4.52 Å². The van der Waals surface area contributed by atoms with Crippen LogP contribution in [-0.2, 0) is 6.54 Å². The van der Waals surface area contributed by atoms with E-state index in [1.54, 1.807) is 0 Å². The fourth-order valence-electron chi connectivity index (χ4n) is 4.23. The average Bonchev–Trinajstić information content (AvgIpc) is 3.47. The molecule has 1 aliphatic rings. The summed E-state index contributed by atoms with van der Waals surface area (Å²) in [4.78, 5) is 4.68. The molecule has 29 heavy (non-hydrogen) atoms. The molecule has 0 amide bonds. The molecule has 1 atom stereocenters. The second-order valence-corrected chi connectivity index (χ2v) is 7.97. The summed E-state index contributed by atoms with van der Waals surface area (Å²) >= 11 is 0. The maximum absolute atomic E-state index is 5.55. The second-order valence-electron chi connectivity index (χ2n) is 7.97. The lowest BCUT2D eigenvalue weighted by atomic mass is 10.1. The van der Waals surface area contributed by atoms with Crippen LogP contribution >= 0.6 is 12.4 Å². The van der Waals surface area contributed by atoms with Crippen molar-refractivity contribution in [3.8, 4) is 11.4 Å². The smallest absolute Gasteiger partial charge is 0.244 e. The van der Waals surface area contributed by atoms with Gasteiger partial charge >= 0.3 is 0 Å². The van der Waals surface area contributed by atoms with Crippen LogP contribution in [0, 0.1) is 0 Å². The summed E-state index contributed by atoms with van der Waals surface area (Å²) in [5, 5.41) is 8.89. The molecule has 0 unspecified atom stereocenters. The Morgan fingerprint density at radius 3 is 2.72 bits per heavy atom. The summed E-state index contributed by atoms with van der Waals surface area (Å²) in [6.45, 7) is 4.37. The number of hydrogen-bond donors (Lipinski definition) is 1. The first-order chi connectivity index (χ1) is 13.9. The van der Waals surface area contributed by atoms with E-state index >= 15 is 0 Å². The first-order valence-corrected chi connectivity index (χ1v) is 11.0. The van der Waals surface area contributed by atoms with Crippen LogP contribution < -0.4 is 5.32 Å². The number of fused-ring (bicyclic) bond motifs is 1. The molecule has 158 valence electrons. The summed E-state index contributed by atoms with van der Waals surface area (Å²) < 4.78 is 7.91. The van der Waals surface area contributed by atoms with Crippen LogP contribution in [0.2, 0.25) is 0 Å². The van der Waals surface area contributed by atoms with Gasteiger partial charge in [0.1, 0.15) is 0 Å². The van der Waals surface area contributed by atoms with E-state index in [1.165, 1.54) is 62.3 Å². The number of aromatic nitrogens is 3. The quantitative estimate of drug-likeness (QED) is 0.394. The monoisotopic (exact) mass is 416 g/mol. The summed E-state index contributed by atoms with van der Waals surface area (Å²) in [5.74, 6) is 1.41. The summed E-state index contributed by atoms with van der Waals surface area (Å²) in [6.07, 6.45) is 13.8. The van der Waals surface area contributed by atoms with Gasteiger partial charge in [0.05, 0.1) is 6.04 Å². The Morgan fingerprint density at radius 1 is 1.10 bits per heavy atom. The van der Waals surface area contributed by atoms with E-state index in [9.17, 15) is 0 Å². The number of unbranched alkanes of at least 4 members (excludes halogenated alkanes) is 6. The molecule has 6 heteroatoms. The van der Waals surface area contributed by atoms with Crippen LogP contribution in [0.15, 0.2) is 35.0 Å². The predicted molar refractivity (Wildman–Crippen MR) is 120 cm³/mol. The highest BCUT2D eigenvalue weighted by Crippen LogP contribution is 2.30. The molecule has 2 aromatic heterocycles. The van der Waals surface area contributed by atoms with Gasteiger partial charge in [0.15, 0.2) is 0 Å². The van der Waals surface area contributed by atoms with Crippen LogP contribution in [-0.4, -0.2) is 21.3 Å². The fourth-order valence-corrected chi connectivity index (χ4v) is 4.23. The normalized spacial score (nSPS) is 16.4. The predicted octanol–water partition coefficient (Wildman–Crippen LogP) is 6.29. The Labute approximate surface area is 179 Å². The van der Waals surface area contributed by atoms with E-state index < -0.39 is 0 Å². The number of hydrogen-bond acceptors (Lipinski definition) is 4. The topological polar surface area (TPSA) is 55.9 Å². The van der Waals surface area contributed by atoms with Crippen molar-refractivity contribution in [1.29, 1.82) is 0 Å². The number of nitrogens with zero attached hydrogens (tertiary/aromatic N) is 3. The lowest BCUT2D eigenvalue weighted by molar-refractivity contribution is 0.345. The van der Waals surface area contributed by atoms with Crippen molar-refractivity contribution in [2.75, 3.05) is 6.54 Å². The zero-order valence-corrected chi connectivity index (χ0v) is 18.2. The molecule has 1 saturated heterocycles. The van der Waals surface area contributed by atoms with Crippen LogP contribution in [0.3, 0.4) is 0 Å². The second kappa shape index (κ2) is 10.8. The molecule has 0 radical (unpaired) electrons. The molecule has 0 saturated carbocycles. The lowest BCUT2D eigenvalue weighted by Gasteiger charge is -2.06. The number of halogens is 1. The molecular formula is C23H33ClN4O. The third-order valence-electron chi connectivity index (χ3n) is 5.86. The van der Waals surface area contributed by atoms with Gasteiger partial charge in [-0.25, -0.2) is 0 Å². The van der Waals surface area contributed by atoms with Gasteiger partial charge in [-0.15, -0.1) is 12.4 Å². The van der Waals surface area contributed by atoms with Crippen molar-refractivity contribution in [2.45, 2.75) is 77.3 Å². The number of rotatable bonds is 10. The van der Waals surface area contributed by atoms with Gasteiger partial charge in [-0.1, -0.05) is 62.7 Å². The standard InChI is InChI=1S/C23H32N4O.ClH/c1-2-3-4-5-6-7-8-16-27-17-14-18-19(11-9-13-21(18)27)22-25-23(28-26-22)20-12-10-15-24-20;/h9,11,13-14,17,20,24H,2-8,10,12,15-16H2,1H3;1H/t20-;/m0./s1. The highest BCUT2D eigenvalue weighted by Gasteiger charge is 2.23. The van der Waals surface area contributed by atoms with Gasteiger partial charge in [-0.2, -0.15) is 4.98 Å².